The highest BCUT2D eigenvalue weighted by Gasteiger charge is 2.14. The summed E-state index contributed by atoms with van der Waals surface area (Å²) in [5, 5.41) is 10.0. The van der Waals surface area contributed by atoms with Crippen molar-refractivity contribution in [2.45, 2.75) is 19.4 Å². The third-order valence-corrected chi connectivity index (χ3v) is 4.83. The summed E-state index contributed by atoms with van der Waals surface area (Å²) in [4.78, 5) is 11.2. The molecule has 0 saturated carbocycles. The summed E-state index contributed by atoms with van der Waals surface area (Å²) in [5.74, 6) is 0.617. The Morgan fingerprint density at radius 2 is 1.58 bits per heavy atom. The van der Waals surface area contributed by atoms with Gasteiger partial charge in [0.2, 0.25) is 5.91 Å². The van der Waals surface area contributed by atoms with Gasteiger partial charge in [0, 0.05) is 25.2 Å². The van der Waals surface area contributed by atoms with Gasteiger partial charge in [-0.05, 0) is 41.9 Å². The molecule has 31 heavy (non-hydrogen) atoms. The Hall–Kier alpha value is -3.38. The van der Waals surface area contributed by atoms with Crippen LogP contribution in [0.4, 0.5) is 5.69 Å². The van der Waals surface area contributed by atoms with Crippen molar-refractivity contribution >= 4 is 28.9 Å². The number of amides is 1. The van der Waals surface area contributed by atoms with Crippen molar-refractivity contribution in [3.8, 4) is 5.75 Å². The number of thiocarbonyl (C=S) groups is 1. The SMILES string of the molecule is CC(=O)Nc1cccc(OCCCNC(=S)NC(c2ccccc2)c2ccccc2)c1. The molecule has 5 nitrogen and oxygen atoms in total. The first-order chi connectivity index (χ1) is 15.1. The van der Waals surface area contributed by atoms with Gasteiger partial charge in [-0.1, -0.05) is 66.7 Å². The standard InChI is InChI=1S/C25H27N3O2S/c1-19(29)27-22-14-8-15-23(18-22)30-17-9-16-26-25(31)28-24(20-10-4-2-5-11-20)21-12-6-3-7-13-21/h2-8,10-15,18,24H,9,16-17H2,1H3,(H,27,29)(H2,26,28,31). The molecule has 0 unspecified atom stereocenters. The Kier molecular flexibility index (Phi) is 8.43. The molecule has 0 aliphatic rings. The van der Waals surface area contributed by atoms with Crippen LogP contribution in [0.25, 0.3) is 0 Å². The molecule has 0 heterocycles. The lowest BCUT2D eigenvalue weighted by Crippen LogP contribution is -2.38. The molecule has 0 aromatic heterocycles. The summed E-state index contributed by atoms with van der Waals surface area (Å²) in [6.45, 7) is 2.71. The molecule has 6 heteroatoms. The van der Waals surface area contributed by atoms with Crippen LogP contribution in [0.3, 0.4) is 0 Å². The average Bonchev–Trinajstić information content (AvgIpc) is 2.78. The number of benzene rings is 3. The van der Waals surface area contributed by atoms with Gasteiger partial charge < -0.3 is 20.7 Å². The first-order valence-electron chi connectivity index (χ1n) is 10.3. The molecule has 3 rings (SSSR count). The zero-order chi connectivity index (χ0) is 21.9. The van der Waals surface area contributed by atoms with E-state index in [2.05, 4.69) is 40.2 Å². The van der Waals surface area contributed by atoms with E-state index in [1.807, 2.05) is 60.7 Å². The van der Waals surface area contributed by atoms with E-state index < -0.39 is 0 Å². The van der Waals surface area contributed by atoms with Crippen LogP contribution in [-0.2, 0) is 4.79 Å². The average molecular weight is 434 g/mol. The summed E-state index contributed by atoms with van der Waals surface area (Å²) in [7, 11) is 0. The predicted octanol–water partition coefficient (Wildman–Crippen LogP) is 4.67. The zero-order valence-electron chi connectivity index (χ0n) is 17.5. The Balaban J connectivity index is 1.46. The Morgan fingerprint density at radius 1 is 0.935 bits per heavy atom. The monoisotopic (exact) mass is 433 g/mol. The van der Waals surface area contributed by atoms with E-state index in [0.29, 0.717) is 18.3 Å². The number of ether oxygens (including phenoxy) is 1. The van der Waals surface area contributed by atoms with Crippen LogP contribution < -0.4 is 20.7 Å². The number of rotatable bonds is 9. The third kappa shape index (κ3) is 7.42. The number of carbonyl (C=O) groups is 1. The molecular formula is C25H27N3O2S. The third-order valence-electron chi connectivity index (χ3n) is 4.57. The lowest BCUT2D eigenvalue weighted by molar-refractivity contribution is -0.114. The van der Waals surface area contributed by atoms with E-state index in [4.69, 9.17) is 17.0 Å². The smallest absolute Gasteiger partial charge is 0.221 e. The molecule has 0 bridgehead atoms. The highest BCUT2D eigenvalue weighted by molar-refractivity contribution is 7.80. The minimum atomic E-state index is -0.105. The summed E-state index contributed by atoms with van der Waals surface area (Å²) < 4.78 is 5.77. The topological polar surface area (TPSA) is 62.4 Å². The van der Waals surface area contributed by atoms with Crippen LogP contribution in [0.15, 0.2) is 84.9 Å². The van der Waals surface area contributed by atoms with Gasteiger partial charge >= 0.3 is 0 Å². The van der Waals surface area contributed by atoms with E-state index in [1.54, 1.807) is 0 Å². The van der Waals surface area contributed by atoms with Crippen LogP contribution >= 0.6 is 12.2 Å². The molecule has 0 aliphatic carbocycles. The Morgan fingerprint density at radius 3 is 2.19 bits per heavy atom. The van der Waals surface area contributed by atoms with Crippen LogP contribution in [0.5, 0.6) is 5.75 Å². The first kappa shape index (κ1) is 22.3. The van der Waals surface area contributed by atoms with Gasteiger partial charge in [0.25, 0.3) is 0 Å². The quantitative estimate of drug-likeness (QED) is 0.338. The van der Waals surface area contributed by atoms with Gasteiger partial charge in [0.1, 0.15) is 5.75 Å². The molecule has 160 valence electrons. The Labute approximate surface area is 188 Å². The molecule has 0 spiro atoms. The van der Waals surface area contributed by atoms with Gasteiger partial charge in [-0.2, -0.15) is 0 Å². The van der Waals surface area contributed by atoms with E-state index in [1.165, 1.54) is 6.92 Å². The zero-order valence-corrected chi connectivity index (χ0v) is 18.3. The van der Waals surface area contributed by atoms with E-state index >= 15 is 0 Å². The maximum Gasteiger partial charge on any atom is 0.221 e. The van der Waals surface area contributed by atoms with E-state index in [-0.39, 0.29) is 11.9 Å². The normalized spacial score (nSPS) is 10.4. The lowest BCUT2D eigenvalue weighted by Gasteiger charge is -2.22. The maximum atomic E-state index is 11.2. The fourth-order valence-electron chi connectivity index (χ4n) is 3.16. The summed E-state index contributed by atoms with van der Waals surface area (Å²) in [5.41, 5.74) is 3.03. The number of hydrogen-bond donors (Lipinski definition) is 3. The van der Waals surface area contributed by atoms with Gasteiger partial charge in [0.15, 0.2) is 5.11 Å². The lowest BCUT2D eigenvalue weighted by atomic mass is 9.99. The van der Waals surface area contributed by atoms with Crippen LogP contribution in [0.1, 0.15) is 30.5 Å². The summed E-state index contributed by atoms with van der Waals surface area (Å²) >= 11 is 5.53. The minimum absolute atomic E-state index is 0.0184. The minimum Gasteiger partial charge on any atom is -0.493 e. The molecule has 3 aromatic carbocycles. The van der Waals surface area contributed by atoms with Crippen LogP contribution in [0.2, 0.25) is 0 Å². The van der Waals surface area contributed by atoms with Crippen molar-refractivity contribution in [3.05, 3.63) is 96.1 Å². The van der Waals surface area contributed by atoms with Crippen molar-refractivity contribution in [1.29, 1.82) is 0 Å². The molecule has 0 atom stereocenters. The fourth-order valence-corrected chi connectivity index (χ4v) is 3.38. The summed E-state index contributed by atoms with van der Waals surface area (Å²) in [6, 6.07) is 27.9. The molecule has 3 N–H and O–H groups in total. The van der Waals surface area contributed by atoms with Crippen LogP contribution in [0, 0.1) is 0 Å². The second kappa shape index (κ2) is 11.7. The molecule has 3 aromatic rings. The molecule has 0 saturated heterocycles. The number of hydrogen-bond acceptors (Lipinski definition) is 3. The number of anilines is 1. The van der Waals surface area contributed by atoms with E-state index in [9.17, 15) is 4.79 Å². The molecule has 0 fully saturated rings. The highest BCUT2D eigenvalue weighted by atomic mass is 32.1. The maximum absolute atomic E-state index is 11.2. The number of nitrogens with one attached hydrogen (secondary N) is 3. The molecule has 0 aliphatic heterocycles. The van der Waals surface area contributed by atoms with Crippen molar-refractivity contribution in [3.63, 3.8) is 0 Å². The van der Waals surface area contributed by atoms with Gasteiger partial charge in [-0.15, -0.1) is 0 Å². The molecule has 0 radical (unpaired) electrons. The second-order valence-electron chi connectivity index (χ2n) is 7.07. The van der Waals surface area contributed by atoms with Crippen LogP contribution in [-0.4, -0.2) is 24.2 Å². The molecule has 1 amide bonds. The second-order valence-corrected chi connectivity index (χ2v) is 7.47. The molecular weight excluding hydrogens is 406 g/mol. The fraction of sp³-hybridized carbons (Fsp3) is 0.200. The van der Waals surface area contributed by atoms with Crippen molar-refractivity contribution in [2.24, 2.45) is 0 Å². The van der Waals surface area contributed by atoms with Crippen molar-refractivity contribution < 1.29 is 9.53 Å². The van der Waals surface area contributed by atoms with Gasteiger partial charge in [-0.25, -0.2) is 0 Å². The predicted molar refractivity (Wildman–Crippen MR) is 129 cm³/mol. The Bertz CT molecular complexity index is 941. The van der Waals surface area contributed by atoms with Gasteiger partial charge in [0.05, 0.1) is 12.6 Å². The van der Waals surface area contributed by atoms with Gasteiger partial charge in [-0.3, -0.25) is 4.79 Å². The first-order valence-corrected chi connectivity index (χ1v) is 10.7. The number of carbonyl (C=O) groups excluding carboxylic acids is 1. The highest BCUT2D eigenvalue weighted by Crippen LogP contribution is 2.21. The van der Waals surface area contributed by atoms with Crippen molar-refractivity contribution in [2.75, 3.05) is 18.5 Å². The van der Waals surface area contributed by atoms with E-state index in [0.717, 1.165) is 29.0 Å². The largest absolute Gasteiger partial charge is 0.493 e. The summed E-state index contributed by atoms with van der Waals surface area (Å²) in [6.07, 6.45) is 0.785. The van der Waals surface area contributed by atoms with Crippen molar-refractivity contribution in [1.82, 2.24) is 10.6 Å².